The Morgan fingerprint density at radius 3 is 1.33 bits per heavy atom. The van der Waals surface area contributed by atoms with Crippen molar-refractivity contribution in [3.63, 3.8) is 0 Å². The number of rotatable bonds is 1. The van der Waals surface area contributed by atoms with Gasteiger partial charge in [-0.05, 0) is 0 Å². The number of aliphatic carboxylic acids is 2. The van der Waals surface area contributed by atoms with Crippen LogP contribution >= 0.6 is 0 Å². The van der Waals surface area contributed by atoms with Crippen LogP contribution in [0.5, 0.6) is 0 Å². The Morgan fingerprint density at radius 1 is 1.25 bits per heavy atom. The molecule has 0 rings (SSSR count). The van der Waals surface area contributed by atoms with E-state index in [2.05, 4.69) is 34.5 Å². The van der Waals surface area contributed by atoms with Crippen molar-refractivity contribution < 1.29 is 38.8 Å². The van der Waals surface area contributed by atoms with Gasteiger partial charge in [-0.1, -0.05) is 0 Å². The third-order valence-corrected chi connectivity index (χ3v) is 0.265. The van der Waals surface area contributed by atoms with Gasteiger partial charge < -0.3 is 10.2 Å². The third kappa shape index (κ3) is 113000. The largest absolute Gasteiger partial charge is 0.481 e. The van der Waals surface area contributed by atoms with E-state index in [0.717, 1.165) is 13.8 Å². The summed E-state index contributed by atoms with van der Waals surface area (Å²) in [5.74, 6) is -1.67. The number of hydrogen-bond acceptors (Lipinski definition) is 4. The summed E-state index contributed by atoms with van der Waals surface area (Å²) in [6.07, 6.45) is 0. The van der Waals surface area contributed by atoms with Crippen molar-refractivity contribution >= 4 is 18.7 Å². The summed E-state index contributed by atoms with van der Waals surface area (Å²) in [5, 5.41) is 17.9. The first-order chi connectivity index (χ1) is 5.38. The fraction of sp³-hybridized carbons (Fsp3) is 0.400. The van der Waals surface area contributed by atoms with Crippen LogP contribution in [0.4, 0.5) is 0 Å². The van der Waals surface area contributed by atoms with Gasteiger partial charge >= 0.3 is 34.5 Å². The number of nitrogens with zero attached hydrogens (tertiary/aromatic N) is 2. The van der Waals surface area contributed by atoms with Crippen LogP contribution < -0.4 is 0 Å². The van der Waals surface area contributed by atoms with Gasteiger partial charge in [0.1, 0.15) is 0 Å². The van der Waals surface area contributed by atoms with E-state index in [1.165, 1.54) is 0 Å². The summed E-state index contributed by atoms with van der Waals surface area (Å²) in [6.45, 7) is 5.19. The summed E-state index contributed by atoms with van der Waals surface area (Å²) < 4.78 is 3.10. The van der Waals surface area contributed by atoms with E-state index in [9.17, 15) is 0 Å². The number of carbonyl (C=O) groups is 2. The average Bonchev–Trinajstić information content (AvgIpc) is 1.85. The summed E-state index contributed by atoms with van der Waals surface area (Å²) in [6, 6.07) is 0. The maximum absolute atomic E-state index is 9.00. The minimum absolute atomic E-state index is 0.833. The second-order valence-electron chi connectivity index (χ2n) is 1.24. The average molecular weight is 269 g/mol. The van der Waals surface area contributed by atoms with Gasteiger partial charge in [0.2, 0.25) is 0 Å². The Labute approximate surface area is 80.5 Å². The van der Waals surface area contributed by atoms with Crippen molar-refractivity contribution in [1.82, 2.24) is 0 Å². The molecule has 74 valence electrons. The van der Waals surface area contributed by atoms with Crippen molar-refractivity contribution in [2.75, 3.05) is 0 Å². The van der Waals surface area contributed by atoms with Gasteiger partial charge in [-0.15, -0.1) is 0 Å². The molecular weight excluding hydrogens is 258 g/mol. The Balaban J connectivity index is -0.000000101. The summed E-state index contributed by atoms with van der Waals surface area (Å²) in [5.41, 5.74) is 0. The van der Waals surface area contributed by atoms with Crippen molar-refractivity contribution in [1.29, 1.82) is 0 Å². The van der Waals surface area contributed by atoms with Gasteiger partial charge in [-0.2, -0.15) is 0 Å². The number of hydrogen-bond donors (Lipinski definition) is 2. The van der Waals surface area contributed by atoms with Crippen molar-refractivity contribution in [3.05, 3.63) is 0 Å². The summed E-state index contributed by atoms with van der Waals surface area (Å²) in [7, 11) is 0. The third-order valence-electron chi connectivity index (χ3n) is 0.0447. The van der Waals surface area contributed by atoms with Gasteiger partial charge in [0.05, 0.1) is 0 Å². The van der Waals surface area contributed by atoms with E-state index in [-0.39, 0.29) is 0 Å². The van der Waals surface area contributed by atoms with E-state index in [4.69, 9.17) is 19.8 Å². The fourth-order valence-corrected chi connectivity index (χ4v) is 0. The van der Waals surface area contributed by atoms with Crippen LogP contribution in [-0.4, -0.2) is 28.9 Å². The molecule has 0 radical (unpaired) electrons. The molecule has 12 heavy (non-hydrogen) atoms. The van der Waals surface area contributed by atoms with Gasteiger partial charge in [0, 0.05) is 13.8 Å². The van der Waals surface area contributed by atoms with Crippen LogP contribution in [0.1, 0.15) is 13.8 Å². The molecule has 0 spiro atoms. The monoisotopic (exact) mass is 268 g/mol. The molecule has 0 aliphatic carbocycles. The molecule has 0 saturated carbocycles. The van der Waals surface area contributed by atoms with Crippen molar-refractivity contribution in [3.8, 4) is 0 Å². The molecular formula is C5H10N2O4Pd. The predicted octanol–water partition coefficient (Wildman–Crippen LogP) is 0.514. The van der Waals surface area contributed by atoms with Gasteiger partial charge in [-0.3, -0.25) is 9.59 Å². The molecule has 2 N–H and O–H groups in total. The zero-order chi connectivity index (χ0) is 10.6. The predicted molar refractivity (Wildman–Crippen MR) is 38.6 cm³/mol. The van der Waals surface area contributed by atoms with E-state index >= 15 is 0 Å². The molecule has 0 aromatic heterocycles. The molecule has 0 fully saturated rings. The molecule has 0 amide bonds. The summed E-state index contributed by atoms with van der Waals surface area (Å²) >= 11 is 2.43. The Bertz CT molecular complexity index is 134. The molecule has 0 bridgehead atoms. The Kier molecular flexibility index (Phi) is 23.8. The maximum Gasteiger partial charge on any atom is 0.300 e. The molecule has 0 aromatic rings. The Morgan fingerprint density at radius 2 is 1.33 bits per heavy atom. The molecule has 0 aliphatic rings. The second kappa shape index (κ2) is 16.6. The molecule has 0 heterocycles. The Hall–Kier alpha value is -0.928. The fourth-order valence-electron chi connectivity index (χ4n) is 0. The van der Waals surface area contributed by atoms with E-state index in [0.29, 0.717) is 0 Å². The first-order valence-corrected chi connectivity index (χ1v) is 3.21. The van der Waals surface area contributed by atoms with Crippen LogP contribution in [0.2, 0.25) is 0 Å². The molecule has 0 atom stereocenters. The second-order valence-corrected chi connectivity index (χ2v) is 1.55. The zero-order valence-electron chi connectivity index (χ0n) is 6.63. The minimum atomic E-state index is -0.833. The van der Waals surface area contributed by atoms with Crippen LogP contribution in [0.3, 0.4) is 0 Å². The normalized spacial score (nSPS) is 6.00. The van der Waals surface area contributed by atoms with Gasteiger partial charge in [0.15, 0.2) is 0 Å². The van der Waals surface area contributed by atoms with E-state index in [1.807, 2.05) is 0 Å². The van der Waals surface area contributed by atoms with Crippen LogP contribution in [0, 0.1) is 0 Å². The standard InChI is InChI=1S/2C2H4O2.CH2N2.Pd/c2*1-2(3)4;1-3-2;/h2*1H3,(H,3,4);1H2;. The minimum Gasteiger partial charge on any atom is -0.481 e. The smallest absolute Gasteiger partial charge is 0.300 e. The zero-order valence-corrected chi connectivity index (χ0v) is 8.18. The molecule has 0 unspecified atom stereocenters. The molecule has 7 heteroatoms. The maximum atomic E-state index is 9.00. The number of carboxylic acids is 2. The topological polar surface area (TPSA) is 99.3 Å². The van der Waals surface area contributed by atoms with Gasteiger partial charge in [-0.25, -0.2) is 0 Å². The van der Waals surface area contributed by atoms with Crippen LogP contribution in [-0.2, 0) is 28.6 Å². The molecule has 0 saturated heterocycles. The van der Waals surface area contributed by atoms with Crippen LogP contribution in [0.25, 0.3) is 0 Å². The number of carboxylic acid groups (broad SMARTS) is 2. The summed E-state index contributed by atoms with van der Waals surface area (Å²) in [4.78, 5) is 18.0. The van der Waals surface area contributed by atoms with E-state index < -0.39 is 11.9 Å². The van der Waals surface area contributed by atoms with Crippen LogP contribution in [0.15, 0.2) is 8.78 Å². The first kappa shape index (κ1) is 17.2. The molecule has 0 aromatic carbocycles. The van der Waals surface area contributed by atoms with E-state index in [1.54, 1.807) is 0 Å². The molecule has 6 nitrogen and oxygen atoms in total. The van der Waals surface area contributed by atoms with Crippen molar-refractivity contribution in [2.24, 2.45) is 8.78 Å². The SMILES string of the molecule is C=N[N]=[Pd].CC(=O)O.CC(=O)O. The molecule has 0 aliphatic heterocycles. The first-order valence-electron chi connectivity index (χ1n) is 2.51. The van der Waals surface area contributed by atoms with Crippen molar-refractivity contribution in [2.45, 2.75) is 13.8 Å². The van der Waals surface area contributed by atoms with Gasteiger partial charge in [0.25, 0.3) is 11.9 Å². The quantitative estimate of drug-likeness (QED) is 0.411.